The highest BCUT2D eigenvalue weighted by atomic mass is 32.1. The van der Waals surface area contributed by atoms with E-state index in [1.165, 1.54) is 15.9 Å². The Morgan fingerprint density at radius 3 is 2.52 bits per heavy atom. The second kappa shape index (κ2) is 7.77. The Labute approximate surface area is 182 Å². The Balaban J connectivity index is 1.69. The third-order valence-corrected chi connectivity index (χ3v) is 6.17. The second-order valence-electron chi connectivity index (χ2n) is 7.02. The van der Waals surface area contributed by atoms with Crippen LogP contribution < -0.4 is 10.3 Å². The van der Waals surface area contributed by atoms with Gasteiger partial charge in [0.05, 0.1) is 24.0 Å². The Hall–Kier alpha value is -3.84. The summed E-state index contributed by atoms with van der Waals surface area (Å²) in [5, 5.41) is 9.49. The minimum Gasteiger partial charge on any atom is -0.497 e. The molecule has 7 heteroatoms. The molecule has 0 spiro atoms. The highest BCUT2D eigenvalue weighted by Gasteiger charge is 2.17. The van der Waals surface area contributed by atoms with Crippen molar-refractivity contribution in [3.63, 3.8) is 0 Å². The maximum Gasteiger partial charge on any atom is 0.275 e. The number of ether oxygens (including phenoxy) is 1. The molecule has 6 nitrogen and oxygen atoms in total. The normalized spacial score (nSPS) is 11.5. The van der Waals surface area contributed by atoms with Crippen molar-refractivity contribution >= 4 is 43.9 Å². The monoisotopic (exact) mass is 426 g/mol. The molecule has 0 radical (unpaired) electrons. The number of hydrogen-bond donors (Lipinski definition) is 0. The van der Waals surface area contributed by atoms with Crippen LogP contribution in [0.25, 0.3) is 38.3 Å². The zero-order valence-corrected chi connectivity index (χ0v) is 17.8. The van der Waals surface area contributed by atoms with Gasteiger partial charge in [0.15, 0.2) is 0 Å². The molecule has 5 aromatic rings. The van der Waals surface area contributed by atoms with Crippen molar-refractivity contribution in [2.45, 2.75) is 6.92 Å². The number of thiophene rings is 1. The smallest absolute Gasteiger partial charge is 0.275 e. The summed E-state index contributed by atoms with van der Waals surface area (Å²) in [7, 11) is 1.61. The molecule has 0 saturated heterocycles. The summed E-state index contributed by atoms with van der Waals surface area (Å²) < 4.78 is 7.30. The van der Waals surface area contributed by atoms with E-state index in [0.717, 1.165) is 33.6 Å². The molecular weight excluding hydrogens is 408 g/mol. The lowest BCUT2D eigenvalue weighted by Crippen LogP contribution is -2.17. The summed E-state index contributed by atoms with van der Waals surface area (Å²) in [6.45, 7) is 1.92. The van der Waals surface area contributed by atoms with E-state index in [9.17, 15) is 4.79 Å². The molecule has 0 atom stereocenters. The molecule has 0 aliphatic rings. The van der Waals surface area contributed by atoms with E-state index in [1.807, 2.05) is 73.7 Å². The zero-order chi connectivity index (χ0) is 21.4. The standard InChI is InChI=1S/C24H18N4O2S/c1-15-19(13-8-16-6-4-3-5-7-16)20-21-22(31-23(20)27-26-15)24(29)28(14-25-21)17-9-11-18(30-2)12-10-17/h3-14H,1-2H3/b13-8-. The van der Waals surface area contributed by atoms with Crippen LogP contribution >= 0.6 is 11.3 Å². The highest BCUT2D eigenvalue weighted by Crippen LogP contribution is 2.33. The van der Waals surface area contributed by atoms with E-state index >= 15 is 0 Å². The maximum absolute atomic E-state index is 13.3. The number of aromatic nitrogens is 4. The minimum atomic E-state index is -0.131. The largest absolute Gasteiger partial charge is 0.497 e. The van der Waals surface area contributed by atoms with Gasteiger partial charge in [0.1, 0.15) is 21.6 Å². The van der Waals surface area contributed by atoms with Gasteiger partial charge in [-0.25, -0.2) is 4.98 Å². The molecule has 0 amide bonds. The molecule has 152 valence electrons. The first-order valence-electron chi connectivity index (χ1n) is 9.70. The lowest BCUT2D eigenvalue weighted by atomic mass is 10.1. The lowest BCUT2D eigenvalue weighted by molar-refractivity contribution is 0.414. The fourth-order valence-corrected chi connectivity index (χ4v) is 4.52. The van der Waals surface area contributed by atoms with E-state index in [4.69, 9.17) is 4.74 Å². The van der Waals surface area contributed by atoms with Gasteiger partial charge in [0.2, 0.25) is 0 Å². The second-order valence-corrected chi connectivity index (χ2v) is 8.02. The molecular formula is C24H18N4O2S. The number of methoxy groups -OCH3 is 1. The number of hydrogen-bond acceptors (Lipinski definition) is 6. The first-order chi connectivity index (χ1) is 15.2. The quantitative estimate of drug-likeness (QED) is 0.410. The minimum absolute atomic E-state index is 0.131. The number of benzene rings is 2. The van der Waals surface area contributed by atoms with Crippen LogP contribution in [0.1, 0.15) is 16.8 Å². The molecule has 0 bridgehead atoms. The zero-order valence-electron chi connectivity index (χ0n) is 16.9. The summed E-state index contributed by atoms with van der Waals surface area (Å²) >= 11 is 1.32. The molecule has 0 fully saturated rings. The van der Waals surface area contributed by atoms with Gasteiger partial charge in [-0.2, -0.15) is 5.10 Å². The maximum atomic E-state index is 13.3. The van der Waals surface area contributed by atoms with Crippen LogP contribution in [0.5, 0.6) is 5.75 Å². The van der Waals surface area contributed by atoms with Gasteiger partial charge in [-0.15, -0.1) is 16.4 Å². The van der Waals surface area contributed by atoms with Gasteiger partial charge in [-0.05, 0) is 36.8 Å². The van der Waals surface area contributed by atoms with Gasteiger partial charge in [0.25, 0.3) is 5.56 Å². The number of fused-ring (bicyclic) bond motifs is 3. The third-order valence-electron chi connectivity index (χ3n) is 5.12. The first kappa shape index (κ1) is 19.1. The van der Waals surface area contributed by atoms with E-state index in [-0.39, 0.29) is 5.56 Å². The van der Waals surface area contributed by atoms with Crippen LogP contribution in [0.3, 0.4) is 0 Å². The van der Waals surface area contributed by atoms with Crippen LogP contribution in [0.2, 0.25) is 0 Å². The molecule has 5 rings (SSSR count). The van der Waals surface area contributed by atoms with Crippen molar-refractivity contribution in [2.75, 3.05) is 7.11 Å². The van der Waals surface area contributed by atoms with Crippen molar-refractivity contribution in [3.8, 4) is 11.4 Å². The number of rotatable bonds is 4. The topological polar surface area (TPSA) is 69.9 Å². The van der Waals surface area contributed by atoms with E-state index in [2.05, 4.69) is 15.2 Å². The fourth-order valence-electron chi connectivity index (χ4n) is 3.50. The molecule has 0 aliphatic carbocycles. The predicted octanol–water partition coefficient (Wildman–Crippen LogP) is 4.88. The predicted molar refractivity (Wildman–Crippen MR) is 125 cm³/mol. The van der Waals surface area contributed by atoms with Gasteiger partial charge in [0, 0.05) is 10.9 Å². The number of aryl methyl sites for hydroxylation is 1. The molecule has 2 aromatic carbocycles. The van der Waals surface area contributed by atoms with Crippen molar-refractivity contribution < 1.29 is 4.74 Å². The van der Waals surface area contributed by atoms with Crippen LogP contribution in [-0.4, -0.2) is 26.9 Å². The van der Waals surface area contributed by atoms with Gasteiger partial charge in [-0.1, -0.05) is 42.5 Å². The fraction of sp³-hybridized carbons (Fsp3) is 0.0833. The lowest BCUT2D eigenvalue weighted by Gasteiger charge is -2.06. The molecule has 3 aromatic heterocycles. The van der Waals surface area contributed by atoms with Crippen molar-refractivity contribution in [2.24, 2.45) is 0 Å². The molecule has 31 heavy (non-hydrogen) atoms. The highest BCUT2D eigenvalue weighted by molar-refractivity contribution is 7.25. The van der Waals surface area contributed by atoms with Gasteiger partial charge >= 0.3 is 0 Å². The molecule has 0 aliphatic heterocycles. The van der Waals surface area contributed by atoms with E-state index in [1.54, 1.807) is 13.4 Å². The molecule has 0 N–H and O–H groups in total. The molecule has 0 saturated carbocycles. The van der Waals surface area contributed by atoms with Crippen molar-refractivity contribution in [1.29, 1.82) is 0 Å². The average molecular weight is 427 g/mol. The van der Waals surface area contributed by atoms with Crippen LogP contribution in [0, 0.1) is 6.92 Å². The van der Waals surface area contributed by atoms with Crippen LogP contribution in [0.15, 0.2) is 65.7 Å². The van der Waals surface area contributed by atoms with Crippen molar-refractivity contribution in [1.82, 2.24) is 19.7 Å². The Morgan fingerprint density at radius 2 is 1.77 bits per heavy atom. The molecule has 3 heterocycles. The number of nitrogens with zero attached hydrogens (tertiary/aromatic N) is 4. The molecule has 0 unspecified atom stereocenters. The first-order valence-corrected chi connectivity index (χ1v) is 10.5. The van der Waals surface area contributed by atoms with Crippen LogP contribution in [0.4, 0.5) is 0 Å². The van der Waals surface area contributed by atoms with E-state index < -0.39 is 0 Å². The van der Waals surface area contributed by atoms with E-state index in [0.29, 0.717) is 15.0 Å². The SMILES string of the molecule is COc1ccc(-n2cnc3c(sc4nnc(C)c(/C=C\c5ccccc5)c43)c2=O)cc1. The Bertz CT molecular complexity index is 1490. The summed E-state index contributed by atoms with van der Waals surface area (Å²) in [6.07, 6.45) is 5.62. The Kier molecular flexibility index (Phi) is 4.80. The average Bonchev–Trinajstić information content (AvgIpc) is 3.19. The van der Waals surface area contributed by atoms with Crippen LogP contribution in [-0.2, 0) is 0 Å². The summed E-state index contributed by atoms with van der Waals surface area (Å²) in [6, 6.07) is 17.4. The summed E-state index contributed by atoms with van der Waals surface area (Å²) in [4.78, 5) is 18.6. The van der Waals surface area contributed by atoms with Gasteiger partial charge in [-0.3, -0.25) is 9.36 Å². The Morgan fingerprint density at radius 1 is 1.00 bits per heavy atom. The third kappa shape index (κ3) is 3.39. The van der Waals surface area contributed by atoms with Crippen molar-refractivity contribution in [3.05, 3.63) is 88.1 Å². The van der Waals surface area contributed by atoms with Gasteiger partial charge < -0.3 is 4.74 Å². The summed E-state index contributed by atoms with van der Waals surface area (Å²) in [5.74, 6) is 0.730. The summed E-state index contributed by atoms with van der Waals surface area (Å²) in [5.41, 5.74) is 4.05.